The van der Waals surface area contributed by atoms with Crippen molar-refractivity contribution in [2.45, 2.75) is 13.3 Å². The van der Waals surface area contributed by atoms with Gasteiger partial charge in [0, 0.05) is 0 Å². The summed E-state index contributed by atoms with van der Waals surface area (Å²) in [4.78, 5) is 10.5. The summed E-state index contributed by atoms with van der Waals surface area (Å²) in [5.74, 6) is -0.376. The first-order valence-electron chi connectivity index (χ1n) is 3.56. The summed E-state index contributed by atoms with van der Waals surface area (Å²) in [6, 6.07) is 0. The smallest absolute Gasteiger partial charge is 0.307 e. The fourth-order valence-electron chi connectivity index (χ4n) is 2.10. The molecule has 3 atom stereocenters. The van der Waals surface area contributed by atoms with Gasteiger partial charge in [-0.05, 0) is 17.8 Å². The van der Waals surface area contributed by atoms with E-state index < -0.39 is 5.97 Å². The van der Waals surface area contributed by atoms with Crippen LogP contribution in [0.4, 0.5) is 0 Å². The van der Waals surface area contributed by atoms with Gasteiger partial charge in [0.25, 0.3) is 0 Å². The van der Waals surface area contributed by atoms with Gasteiger partial charge in [-0.1, -0.05) is 19.1 Å². The first kappa shape index (κ1) is 5.96. The van der Waals surface area contributed by atoms with Crippen molar-refractivity contribution in [3.8, 4) is 0 Å². The van der Waals surface area contributed by atoms with Gasteiger partial charge in [0.05, 0.1) is 5.92 Å². The van der Waals surface area contributed by atoms with Crippen LogP contribution in [0.5, 0.6) is 0 Å². The predicted octanol–water partition coefficient (Wildman–Crippen LogP) is 1.28. The molecule has 2 nitrogen and oxygen atoms in total. The van der Waals surface area contributed by atoms with Crippen molar-refractivity contribution >= 4 is 5.97 Å². The summed E-state index contributed by atoms with van der Waals surface area (Å²) in [6.07, 6.45) is 5.08. The first-order valence-corrected chi connectivity index (χ1v) is 3.56. The molecule has 0 aromatic rings. The van der Waals surface area contributed by atoms with Crippen LogP contribution in [0.15, 0.2) is 12.2 Å². The van der Waals surface area contributed by atoms with E-state index in [0.29, 0.717) is 5.92 Å². The molecule has 0 spiro atoms. The molecule has 0 amide bonds. The summed E-state index contributed by atoms with van der Waals surface area (Å²) in [6.45, 7) is 2.05. The fourth-order valence-corrected chi connectivity index (χ4v) is 2.10. The summed E-state index contributed by atoms with van der Waals surface area (Å²) in [5.41, 5.74) is 0.0891. The molecule has 2 rings (SSSR count). The molecule has 0 heterocycles. The normalized spacial score (nSPS) is 48.9. The summed E-state index contributed by atoms with van der Waals surface area (Å²) >= 11 is 0. The highest BCUT2D eigenvalue weighted by molar-refractivity contribution is 5.77. The molecule has 0 aliphatic heterocycles. The van der Waals surface area contributed by atoms with Gasteiger partial charge in [-0.3, -0.25) is 4.79 Å². The van der Waals surface area contributed by atoms with Crippen molar-refractivity contribution in [2.75, 3.05) is 0 Å². The molecule has 0 unspecified atom stereocenters. The second-order valence-corrected chi connectivity index (χ2v) is 3.48. The lowest BCUT2D eigenvalue weighted by Crippen LogP contribution is -2.06. The average Bonchev–Trinajstić information content (AvgIpc) is 2.22. The zero-order valence-corrected chi connectivity index (χ0v) is 5.87. The standard InChI is InChI=1S/C8H10O2/c1-8-4-2-3-5(8)6(8)7(9)10/h2-3,5-6H,4H2,1H3,(H,9,10)/t5-,6+,8-/m0/s1. The number of rotatable bonds is 1. The highest BCUT2D eigenvalue weighted by Gasteiger charge is 2.65. The van der Waals surface area contributed by atoms with E-state index in [9.17, 15) is 4.79 Å². The van der Waals surface area contributed by atoms with E-state index >= 15 is 0 Å². The number of allylic oxidation sites excluding steroid dienone is 2. The van der Waals surface area contributed by atoms with Gasteiger partial charge in [-0.2, -0.15) is 0 Å². The summed E-state index contributed by atoms with van der Waals surface area (Å²) in [7, 11) is 0. The molecule has 2 heteroatoms. The maximum Gasteiger partial charge on any atom is 0.307 e. The minimum Gasteiger partial charge on any atom is -0.481 e. The van der Waals surface area contributed by atoms with E-state index in [-0.39, 0.29) is 11.3 Å². The largest absolute Gasteiger partial charge is 0.481 e. The Morgan fingerprint density at radius 2 is 2.50 bits per heavy atom. The topological polar surface area (TPSA) is 37.3 Å². The molecule has 1 fully saturated rings. The number of carbonyl (C=O) groups is 1. The Labute approximate surface area is 59.5 Å². The van der Waals surface area contributed by atoms with Crippen molar-refractivity contribution in [3.63, 3.8) is 0 Å². The zero-order valence-electron chi connectivity index (χ0n) is 5.87. The maximum absolute atomic E-state index is 10.5. The Morgan fingerprint density at radius 3 is 2.80 bits per heavy atom. The second-order valence-electron chi connectivity index (χ2n) is 3.48. The zero-order chi connectivity index (χ0) is 7.35. The molecule has 2 aliphatic carbocycles. The van der Waals surface area contributed by atoms with Crippen LogP contribution in [-0.4, -0.2) is 11.1 Å². The van der Waals surface area contributed by atoms with E-state index in [1.165, 1.54) is 0 Å². The molecule has 1 saturated carbocycles. The quantitative estimate of drug-likeness (QED) is 0.554. The number of hydrogen-bond donors (Lipinski definition) is 1. The van der Waals surface area contributed by atoms with Crippen LogP contribution in [0.3, 0.4) is 0 Å². The molecule has 2 aliphatic rings. The van der Waals surface area contributed by atoms with Gasteiger partial charge < -0.3 is 5.11 Å². The third-order valence-corrected chi connectivity index (χ3v) is 2.89. The Kier molecular flexibility index (Phi) is 0.858. The Morgan fingerprint density at radius 1 is 1.80 bits per heavy atom. The maximum atomic E-state index is 10.5. The van der Waals surface area contributed by atoms with Gasteiger partial charge >= 0.3 is 5.97 Å². The third kappa shape index (κ3) is 0.474. The van der Waals surface area contributed by atoms with Crippen LogP contribution in [0, 0.1) is 17.3 Å². The number of hydrogen-bond acceptors (Lipinski definition) is 1. The first-order chi connectivity index (χ1) is 4.66. The molecule has 10 heavy (non-hydrogen) atoms. The molecular formula is C8H10O2. The molecule has 0 aromatic heterocycles. The van der Waals surface area contributed by atoms with E-state index in [2.05, 4.69) is 13.0 Å². The van der Waals surface area contributed by atoms with Crippen LogP contribution in [-0.2, 0) is 4.79 Å². The Hall–Kier alpha value is -0.790. The van der Waals surface area contributed by atoms with Gasteiger partial charge in [-0.15, -0.1) is 0 Å². The van der Waals surface area contributed by atoms with Crippen LogP contribution >= 0.6 is 0 Å². The van der Waals surface area contributed by atoms with Crippen LogP contribution in [0.1, 0.15) is 13.3 Å². The van der Waals surface area contributed by atoms with Gasteiger partial charge in [0.1, 0.15) is 0 Å². The lowest BCUT2D eigenvalue weighted by molar-refractivity contribution is -0.139. The minimum atomic E-state index is -0.628. The highest BCUT2D eigenvalue weighted by atomic mass is 16.4. The summed E-state index contributed by atoms with van der Waals surface area (Å²) in [5, 5.41) is 8.69. The van der Waals surface area contributed by atoms with Gasteiger partial charge in [0.2, 0.25) is 0 Å². The third-order valence-electron chi connectivity index (χ3n) is 2.89. The lowest BCUT2D eigenvalue weighted by Gasteiger charge is -2.00. The van der Waals surface area contributed by atoms with E-state index in [0.717, 1.165) is 6.42 Å². The lowest BCUT2D eigenvalue weighted by atomic mass is 10.0. The minimum absolute atomic E-state index is 0.0856. The number of aliphatic carboxylic acids is 1. The van der Waals surface area contributed by atoms with Crippen molar-refractivity contribution in [1.82, 2.24) is 0 Å². The van der Waals surface area contributed by atoms with Crippen molar-refractivity contribution < 1.29 is 9.90 Å². The Balaban J connectivity index is 2.21. The van der Waals surface area contributed by atoms with Gasteiger partial charge in [-0.25, -0.2) is 0 Å². The fraction of sp³-hybridized carbons (Fsp3) is 0.625. The molecule has 0 aromatic carbocycles. The molecule has 0 saturated heterocycles. The molecule has 0 bridgehead atoms. The molecule has 0 radical (unpaired) electrons. The van der Waals surface area contributed by atoms with Gasteiger partial charge in [0.15, 0.2) is 0 Å². The van der Waals surface area contributed by atoms with Crippen LogP contribution in [0.2, 0.25) is 0 Å². The number of carboxylic acid groups (broad SMARTS) is 1. The summed E-state index contributed by atoms with van der Waals surface area (Å²) < 4.78 is 0. The Bertz CT molecular complexity index is 219. The van der Waals surface area contributed by atoms with Crippen LogP contribution in [0.25, 0.3) is 0 Å². The predicted molar refractivity (Wildman–Crippen MR) is 36.5 cm³/mol. The van der Waals surface area contributed by atoms with Crippen molar-refractivity contribution in [3.05, 3.63) is 12.2 Å². The SMILES string of the molecule is C[C@]12CC=C[C@H]1[C@@H]2C(=O)O. The average molecular weight is 138 g/mol. The van der Waals surface area contributed by atoms with E-state index in [1.54, 1.807) is 0 Å². The highest BCUT2D eigenvalue weighted by Crippen LogP contribution is 2.64. The molecular weight excluding hydrogens is 128 g/mol. The van der Waals surface area contributed by atoms with Crippen LogP contribution < -0.4 is 0 Å². The second kappa shape index (κ2) is 1.44. The van der Waals surface area contributed by atoms with Crippen molar-refractivity contribution in [1.29, 1.82) is 0 Å². The van der Waals surface area contributed by atoms with Crippen molar-refractivity contribution in [2.24, 2.45) is 17.3 Å². The molecule has 54 valence electrons. The number of fused-ring (bicyclic) bond motifs is 1. The number of carboxylic acids is 1. The molecule has 1 N–H and O–H groups in total. The monoisotopic (exact) mass is 138 g/mol. The van der Waals surface area contributed by atoms with E-state index in [1.807, 2.05) is 6.08 Å². The van der Waals surface area contributed by atoms with E-state index in [4.69, 9.17) is 5.11 Å².